The second-order valence-electron chi connectivity index (χ2n) is 3.64. The predicted molar refractivity (Wildman–Crippen MR) is 72.8 cm³/mol. The smallest absolute Gasteiger partial charge is 0.153 e. The highest BCUT2D eigenvalue weighted by molar-refractivity contribution is 14.1. The van der Waals surface area contributed by atoms with Gasteiger partial charge in [0.2, 0.25) is 11.2 Å². The second-order valence-corrected chi connectivity index (χ2v) is 5.86. The molecule has 0 spiro atoms. The van der Waals surface area contributed by atoms with E-state index in [1.165, 1.54) is 25.4 Å². The molecule has 78 valence electrons. The molecule has 1 aromatic carbocycles. The molecule has 0 radical (unpaired) electrons. The van der Waals surface area contributed by atoms with Crippen molar-refractivity contribution in [3.8, 4) is 5.69 Å². The number of thiazole rings is 1. The van der Waals surface area contributed by atoms with Crippen molar-refractivity contribution >= 4 is 33.9 Å². The quantitative estimate of drug-likeness (QED) is 0.556. The van der Waals surface area contributed by atoms with Crippen LogP contribution >= 0.6 is 33.9 Å². The van der Waals surface area contributed by atoms with Gasteiger partial charge in [-0.1, -0.05) is 23.5 Å². The van der Waals surface area contributed by atoms with Crippen molar-refractivity contribution in [2.45, 2.75) is 20.8 Å². The Bertz CT molecular complexity index is 482. The number of nitrogens with zero attached hydrogens (tertiary/aromatic N) is 1. The Hall–Kier alpha value is -0.420. The summed E-state index contributed by atoms with van der Waals surface area (Å²) in [5.41, 5.74) is 6.18. The van der Waals surface area contributed by atoms with Gasteiger partial charge in [0.05, 0.1) is 8.45 Å². The molecule has 0 aliphatic heterocycles. The molecule has 0 bridgehead atoms. The number of halogens is 1. The molecule has 0 saturated heterocycles. The van der Waals surface area contributed by atoms with Gasteiger partial charge in [-0.05, 0) is 42.5 Å². The molecule has 1 heterocycles. The van der Waals surface area contributed by atoms with Crippen LogP contribution in [0.2, 0.25) is 0 Å². The van der Waals surface area contributed by atoms with Gasteiger partial charge in [-0.25, -0.2) is 0 Å². The van der Waals surface area contributed by atoms with E-state index in [9.17, 15) is 0 Å². The molecule has 0 atom stereocenters. The Morgan fingerprint density at radius 3 is 2.47 bits per heavy atom. The van der Waals surface area contributed by atoms with E-state index in [0.29, 0.717) is 0 Å². The third-order valence-electron chi connectivity index (χ3n) is 2.64. The Kier molecular flexibility index (Phi) is 3.11. The lowest BCUT2D eigenvalue weighted by atomic mass is 10.2. The van der Waals surface area contributed by atoms with E-state index in [1.54, 1.807) is 11.3 Å². The Morgan fingerprint density at radius 2 is 1.93 bits per heavy atom. The van der Waals surface area contributed by atoms with Gasteiger partial charge in [0, 0.05) is 12.5 Å². The zero-order valence-corrected chi connectivity index (χ0v) is 12.0. The molecule has 0 saturated carbocycles. The zero-order valence-electron chi connectivity index (χ0n) is 9.04. The molecule has 1 nitrogen and oxygen atoms in total. The molecule has 0 unspecified atom stereocenters. The lowest BCUT2D eigenvalue weighted by Gasteiger charge is -2.01. The molecular formula is C12H13INS+. The van der Waals surface area contributed by atoms with Crippen LogP contribution in [0.1, 0.15) is 16.1 Å². The normalized spacial score (nSPS) is 10.7. The highest BCUT2D eigenvalue weighted by Crippen LogP contribution is 2.19. The molecule has 3 heteroatoms. The summed E-state index contributed by atoms with van der Waals surface area (Å²) in [6, 6.07) is 6.43. The Morgan fingerprint density at radius 1 is 1.20 bits per heavy atom. The maximum atomic E-state index is 2.40. The van der Waals surface area contributed by atoms with Crippen LogP contribution in [-0.2, 0) is 0 Å². The van der Waals surface area contributed by atoms with Gasteiger partial charge in [-0.15, -0.1) is 0 Å². The van der Waals surface area contributed by atoms with E-state index in [4.69, 9.17) is 0 Å². The van der Waals surface area contributed by atoms with Crippen molar-refractivity contribution in [2.24, 2.45) is 0 Å². The predicted octanol–water partition coefficient (Wildman–Crippen LogP) is 3.55. The number of para-hydroxylation sites is 1. The largest absolute Gasteiger partial charge is 0.231 e. The molecule has 0 fully saturated rings. The standard InChI is InChI=1S/C12H13INS/c1-8-5-4-6-11(13)12(8)14-7-15-10(3)9(14)2/h4-7H,1-3H3/q+1. The lowest BCUT2D eigenvalue weighted by molar-refractivity contribution is -0.598. The van der Waals surface area contributed by atoms with Gasteiger partial charge in [0.1, 0.15) is 0 Å². The van der Waals surface area contributed by atoms with Crippen LogP contribution < -0.4 is 4.57 Å². The number of rotatable bonds is 1. The summed E-state index contributed by atoms with van der Waals surface area (Å²) < 4.78 is 3.59. The first-order valence-electron chi connectivity index (χ1n) is 4.83. The molecule has 2 aromatic rings. The van der Waals surface area contributed by atoms with Crippen LogP contribution in [0.3, 0.4) is 0 Å². The van der Waals surface area contributed by atoms with Crippen LogP contribution in [0, 0.1) is 24.3 Å². The first-order chi connectivity index (χ1) is 7.11. The summed E-state index contributed by atoms with van der Waals surface area (Å²) in [6.45, 7) is 6.51. The van der Waals surface area contributed by atoms with Crippen molar-refractivity contribution in [2.75, 3.05) is 0 Å². The number of hydrogen-bond acceptors (Lipinski definition) is 1. The molecule has 0 aliphatic carbocycles. The van der Waals surface area contributed by atoms with Gasteiger partial charge in [0.15, 0.2) is 5.69 Å². The Balaban J connectivity index is 2.69. The van der Waals surface area contributed by atoms with Crippen molar-refractivity contribution < 1.29 is 4.57 Å². The van der Waals surface area contributed by atoms with E-state index in [-0.39, 0.29) is 0 Å². The maximum absolute atomic E-state index is 2.40. The minimum atomic E-state index is 1.30. The van der Waals surface area contributed by atoms with Crippen LogP contribution in [0.25, 0.3) is 5.69 Å². The molecule has 1 aromatic heterocycles. The molecule has 15 heavy (non-hydrogen) atoms. The fourth-order valence-electron chi connectivity index (χ4n) is 1.61. The summed E-state index contributed by atoms with van der Waals surface area (Å²) in [5.74, 6) is 0. The fraction of sp³-hybridized carbons (Fsp3) is 0.250. The average molecular weight is 330 g/mol. The van der Waals surface area contributed by atoms with E-state index >= 15 is 0 Å². The maximum Gasteiger partial charge on any atom is 0.231 e. The van der Waals surface area contributed by atoms with Gasteiger partial charge >= 0.3 is 0 Å². The molecular weight excluding hydrogens is 317 g/mol. The van der Waals surface area contributed by atoms with Crippen LogP contribution in [0.5, 0.6) is 0 Å². The summed E-state index contributed by atoms with van der Waals surface area (Å²) in [7, 11) is 0. The van der Waals surface area contributed by atoms with E-state index in [1.807, 2.05) is 0 Å². The number of aryl methyl sites for hydroxylation is 2. The summed E-state index contributed by atoms with van der Waals surface area (Å²) in [4.78, 5) is 1.38. The summed E-state index contributed by atoms with van der Waals surface area (Å²) >= 11 is 4.20. The highest BCUT2D eigenvalue weighted by Gasteiger charge is 2.19. The zero-order chi connectivity index (χ0) is 11.0. The van der Waals surface area contributed by atoms with Crippen molar-refractivity contribution in [1.82, 2.24) is 0 Å². The van der Waals surface area contributed by atoms with E-state index in [2.05, 4.69) is 71.6 Å². The topological polar surface area (TPSA) is 3.88 Å². The monoisotopic (exact) mass is 330 g/mol. The van der Waals surface area contributed by atoms with Crippen molar-refractivity contribution in [1.29, 1.82) is 0 Å². The first kappa shape index (κ1) is 11.1. The third kappa shape index (κ3) is 1.95. The summed E-state index contributed by atoms with van der Waals surface area (Å²) in [5, 5.41) is 0. The van der Waals surface area contributed by atoms with Crippen molar-refractivity contribution in [3.05, 3.63) is 43.4 Å². The summed E-state index contributed by atoms with van der Waals surface area (Å²) in [6.07, 6.45) is 0. The van der Waals surface area contributed by atoms with Gasteiger partial charge in [-0.3, -0.25) is 0 Å². The van der Waals surface area contributed by atoms with Crippen molar-refractivity contribution in [3.63, 3.8) is 0 Å². The molecule has 0 aliphatic rings. The van der Waals surface area contributed by atoms with E-state index < -0.39 is 0 Å². The minimum absolute atomic E-state index is 1.30. The van der Waals surface area contributed by atoms with Crippen LogP contribution in [-0.4, -0.2) is 0 Å². The van der Waals surface area contributed by atoms with Gasteiger partial charge in [-0.2, -0.15) is 4.57 Å². The second kappa shape index (κ2) is 4.22. The highest BCUT2D eigenvalue weighted by atomic mass is 127. The number of aromatic nitrogens is 1. The average Bonchev–Trinajstić information content (AvgIpc) is 2.49. The Labute approximate surface area is 108 Å². The van der Waals surface area contributed by atoms with Gasteiger partial charge < -0.3 is 0 Å². The molecule has 0 amide bonds. The molecule has 0 N–H and O–H groups in total. The first-order valence-corrected chi connectivity index (χ1v) is 6.79. The lowest BCUT2D eigenvalue weighted by Crippen LogP contribution is -2.33. The van der Waals surface area contributed by atoms with Crippen LogP contribution in [0.4, 0.5) is 0 Å². The number of benzene rings is 1. The molecule has 2 rings (SSSR count). The fourth-order valence-corrected chi connectivity index (χ4v) is 3.30. The third-order valence-corrected chi connectivity index (χ3v) is 4.47. The van der Waals surface area contributed by atoms with Gasteiger partial charge in [0.25, 0.3) is 0 Å². The number of hydrogen-bond donors (Lipinski definition) is 0. The minimum Gasteiger partial charge on any atom is -0.153 e. The SMILES string of the molecule is Cc1cccc(I)c1-[n+]1csc(C)c1C. The van der Waals surface area contributed by atoms with E-state index in [0.717, 1.165) is 0 Å². The van der Waals surface area contributed by atoms with Crippen LogP contribution in [0.15, 0.2) is 23.7 Å².